The van der Waals surface area contributed by atoms with E-state index in [0.29, 0.717) is 47.5 Å². The third-order valence-electron chi connectivity index (χ3n) is 4.91. The molecule has 0 saturated carbocycles. The number of amides is 2. The molecule has 1 aliphatic rings. The van der Waals surface area contributed by atoms with E-state index in [2.05, 4.69) is 0 Å². The summed E-state index contributed by atoms with van der Waals surface area (Å²) < 4.78 is 83.6. The highest BCUT2D eigenvalue weighted by Crippen LogP contribution is 2.47. The lowest BCUT2D eigenvalue weighted by Crippen LogP contribution is -2.72. The molecule has 1 aromatic heterocycles. The van der Waals surface area contributed by atoms with E-state index >= 15 is 0 Å². The Kier molecular flexibility index (Phi) is 5.96. The Balaban J connectivity index is 2.13. The summed E-state index contributed by atoms with van der Waals surface area (Å²) >= 11 is 0.609. The molecule has 1 heterocycles. The van der Waals surface area contributed by atoms with E-state index in [-0.39, 0.29) is 0 Å². The molecule has 2 aromatic rings. The minimum absolute atomic E-state index is 0.313. The first kappa shape index (κ1) is 22.9. The number of hydrogen-bond acceptors (Lipinski definition) is 4. The number of fused-ring (bicyclic) bond motifs is 1. The minimum Gasteiger partial charge on any atom is -0.365 e. The molecule has 4 N–H and O–H groups in total. The van der Waals surface area contributed by atoms with Crippen molar-refractivity contribution in [2.75, 3.05) is 5.32 Å². The summed E-state index contributed by atoms with van der Waals surface area (Å²) in [7, 11) is 0. The van der Waals surface area contributed by atoms with Crippen LogP contribution in [0.5, 0.6) is 0 Å². The average Bonchev–Trinajstić information content (AvgIpc) is 3.04. The summed E-state index contributed by atoms with van der Waals surface area (Å²) in [6.07, 6.45) is -9.99. The van der Waals surface area contributed by atoms with Crippen molar-refractivity contribution in [3.8, 4) is 0 Å². The van der Waals surface area contributed by atoms with Crippen LogP contribution in [-0.4, -0.2) is 29.8 Å². The van der Waals surface area contributed by atoms with Crippen LogP contribution < -0.4 is 16.4 Å². The van der Waals surface area contributed by atoms with Gasteiger partial charge in [0, 0.05) is 10.4 Å². The number of rotatable bonds is 5. The molecule has 2 amide bonds. The first-order chi connectivity index (χ1) is 14.4. The predicted molar refractivity (Wildman–Crippen MR) is 102 cm³/mol. The second-order valence-corrected chi connectivity index (χ2v) is 8.08. The van der Waals surface area contributed by atoms with Crippen molar-refractivity contribution in [1.29, 1.82) is 0 Å². The normalized spacial score (nSPS) is 14.6. The molecule has 0 saturated heterocycles. The average molecular weight is 465 g/mol. The summed E-state index contributed by atoms with van der Waals surface area (Å²) in [6, 6.07) is 6.19. The Morgan fingerprint density at radius 3 is 2.06 bits per heavy atom. The zero-order chi connectivity index (χ0) is 23.0. The van der Waals surface area contributed by atoms with E-state index in [0.717, 1.165) is 17.4 Å². The van der Waals surface area contributed by atoms with Gasteiger partial charge in [-0.05, 0) is 43.4 Å². The number of carbonyl (C=O) groups excluding carboxylic acids is 2. The van der Waals surface area contributed by atoms with Gasteiger partial charge in [0.15, 0.2) is 0 Å². The van der Waals surface area contributed by atoms with E-state index in [4.69, 9.17) is 5.73 Å². The maximum Gasteiger partial charge on any atom is 0.439 e. The molecule has 5 nitrogen and oxygen atoms in total. The van der Waals surface area contributed by atoms with Gasteiger partial charge >= 0.3 is 18.0 Å². The van der Waals surface area contributed by atoms with Gasteiger partial charge in [0.2, 0.25) is 0 Å². The molecule has 12 heteroatoms. The summed E-state index contributed by atoms with van der Waals surface area (Å²) in [5.41, 5.74) is -0.0171. The van der Waals surface area contributed by atoms with Crippen LogP contribution in [0.25, 0.3) is 0 Å². The van der Waals surface area contributed by atoms with Crippen LogP contribution in [0.15, 0.2) is 30.3 Å². The standard InChI is InChI=1S/C19H17F6N3O2S/c20-18(21,22)17(19(23,24)25,27-15(30)10-6-2-1-3-7-10)28-16-13(14(26)29)11-8-4-5-9-12(11)31-16/h1-3,6-7,28H,4-5,8-9H2,(H2,26,29)(H,27,30). The first-order valence-electron chi connectivity index (χ1n) is 9.11. The lowest BCUT2D eigenvalue weighted by molar-refractivity contribution is -0.293. The minimum atomic E-state index is -6.00. The van der Waals surface area contributed by atoms with Gasteiger partial charge in [0.25, 0.3) is 11.8 Å². The monoisotopic (exact) mass is 465 g/mol. The number of thiophene rings is 1. The molecule has 0 fully saturated rings. The van der Waals surface area contributed by atoms with Crippen molar-refractivity contribution >= 4 is 28.2 Å². The molecule has 168 valence electrons. The van der Waals surface area contributed by atoms with Crippen molar-refractivity contribution in [2.24, 2.45) is 5.73 Å². The highest BCUT2D eigenvalue weighted by molar-refractivity contribution is 7.16. The fraction of sp³-hybridized carbons (Fsp3) is 0.368. The number of carbonyl (C=O) groups is 2. The Morgan fingerprint density at radius 1 is 0.935 bits per heavy atom. The number of hydrogen-bond donors (Lipinski definition) is 3. The zero-order valence-corrected chi connectivity index (χ0v) is 16.6. The van der Waals surface area contributed by atoms with Gasteiger partial charge in [0.1, 0.15) is 5.00 Å². The molecule has 3 rings (SSSR count). The van der Waals surface area contributed by atoms with Crippen LogP contribution in [0.2, 0.25) is 0 Å². The molecule has 31 heavy (non-hydrogen) atoms. The Labute approximate surface area is 176 Å². The number of nitrogens with one attached hydrogen (secondary N) is 2. The van der Waals surface area contributed by atoms with Crippen molar-refractivity contribution in [1.82, 2.24) is 5.32 Å². The molecule has 0 atom stereocenters. The smallest absolute Gasteiger partial charge is 0.365 e. The van der Waals surface area contributed by atoms with Gasteiger partial charge in [-0.15, -0.1) is 11.3 Å². The third kappa shape index (κ3) is 4.21. The van der Waals surface area contributed by atoms with Crippen LogP contribution in [0.4, 0.5) is 31.3 Å². The van der Waals surface area contributed by atoms with Gasteiger partial charge in [0.05, 0.1) is 5.56 Å². The van der Waals surface area contributed by atoms with E-state index in [1.807, 2.05) is 0 Å². The van der Waals surface area contributed by atoms with E-state index in [1.54, 1.807) is 0 Å². The van der Waals surface area contributed by atoms with E-state index < -0.39 is 46.0 Å². The molecule has 1 aliphatic carbocycles. The van der Waals surface area contributed by atoms with E-state index in [9.17, 15) is 35.9 Å². The Morgan fingerprint density at radius 2 is 1.52 bits per heavy atom. The third-order valence-corrected chi connectivity index (χ3v) is 6.11. The maximum atomic E-state index is 13.9. The van der Waals surface area contributed by atoms with Crippen molar-refractivity contribution < 1.29 is 35.9 Å². The largest absolute Gasteiger partial charge is 0.439 e. The molecule has 0 spiro atoms. The number of alkyl halides is 6. The molecule has 0 bridgehead atoms. The fourth-order valence-corrected chi connectivity index (χ4v) is 4.74. The quantitative estimate of drug-likeness (QED) is 0.453. The van der Waals surface area contributed by atoms with Gasteiger partial charge in [-0.2, -0.15) is 26.3 Å². The van der Waals surface area contributed by atoms with Gasteiger partial charge in [-0.1, -0.05) is 18.2 Å². The number of nitrogens with two attached hydrogens (primary N) is 1. The highest BCUT2D eigenvalue weighted by Gasteiger charge is 2.73. The molecule has 0 unspecified atom stereocenters. The van der Waals surface area contributed by atoms with Crippen LogP contribution in [0.3, 0.4) is 0 Å². The maximum absolute atomic E-state index is 13.9. The van der Waals surface area contributed by atoms with Gasteiger partial charge in [-0.25, -0.2) is 0 Å². The van der Waals surface area contributed by atoms with Gasteiger partial charge < -0.3 is 16.4 Å². The second kappa shape index (κ2) is 8.06. The molecule has 0 radical (unpaired) electrons. The first-order valence-corrected chi connectivity index (χ1v) is 9.92. The number of benzene rings is 1. The number of primary amides is 1. The van der Waals surface area contributed by atoms with Crippen molar-refractivity contribution in [3.05, 3.63) is 51.9 Å². The topological polar surface area (TPSA) is 84.2 Å². The van der Waals surface area contributed by atoms with E-state index in [1.165, 1.54) is 23.5 Å². The fourth-order valence-electron chi connectivity index (χ4n) is 3.39. The Bertz CT molecular complexity index is 971. The Hall–Kier alpha value is -2.76. The van der Waals surface area contributed by atoms with Crippen molar-refractivity contribution in [3.63, 3.8) is 0 Å². The predicted octanol–water partition coefficient (Wildman–Crippen LogP) is 4.39. The second-order valence-electron chi connectivity index (χ2n) is 6.97. The summed E-state index contributed by atoms with van der Waals surface area (Å²) in [5, 5.41) is 1.81. The molecular formula is C19H17F6N3O2S. The summed E-state index contributed by atoms with van der Waals surface area (Å²) in [6.45, 7) is 0. The van der Waals surface area contributed by atoms with Crippen LogP contribution >= 0.6 is 11.3 Å². The summed E-state index contributed by atoms with van der Waals surface area (Å²) in [5.74, 6) is -2.74. The molecular weight excluding hydrogens is 448 g/mol. The zero-order valence-electron chi connectivity index (χ0n) is 15.8. The highest BCUT2D eigenvalue weighted by atomic mass is 32.1. The van der Waals surface area contributed by atoms with Crippen LogP contribution in [-0.2, 0) is 12.8 Å². The lowest BCUT2D eigenvalue weighted by Gasteiger charge is -2.38. The van der Waals surface area contributed by atoms with Gasteiger partial charge in [-0.3, -0.25) is 9.59 Å². The molecule has 1 aromatic carbocycles. The number of anilines is 1. The van der Waals surface area contributed by atoms with Crippen molar-refractivity contribution in [2.45, 2.75) is 43.7 Å². The lowest BCUT2D eigenvalue weighted by atomic mass is 9.95. The SMILES string of the molecule is NC(=O)c1c(NC(NC(=O)c2ccccc2)(C(F)(F)F)C(F)(F)F)sc2c1CCCC2. The molecule has 0 aliphatic heterocycles. The van der Waals surface area contributed by atoms with Crippen LogP contribution in [0, 0.1) is 0 Å². The summed E-state index contributed by atoms with van der Waals surface area (Å²) in [4.78, 5) is 24.7. The number of aryl methyl sites for hydroxylation is 1. The van der Waals surface area contributed by atoms with Crippen LogP contribution in [0.1, 0.15) is 44.0 Å². The number of halogens is 6.